The molecule has 0 N–H and O–H groups in total. The minimum Gasteiger partial charge on any atom is -0.413 e. The van der Waals surface area contributed by atoms with Crippen LogP contribution in [0, 0.1) is 5.92 Å². The fourth-order valence-electron chi connectivity index (χ4n) is 3.20. The summed E-state index contributed by atoms with van der Waals surface area (Å²) in [4.78, 5) is 11.5. The van der Waals surface area contributed by atoms with Crippen LogP contribution in [0.1, 0.15) is 39.7 Å². The molecular weight excluding hydrogens is 344 g/mol. The summed E-state index contributed by atoms with van der Waals surface area (Å²) in [5, 5.41) is 0. The maximum atomic E-state index is 11.5. The molecule has 0 bridgehead atoms. The summed E-state index contributed by atoms with van der Waals surface area (Å²) in [5.74, 6) is -0.147. The summed E-state index contributed by atoms with van der Waals surface area (Å²) in [5.41, 5.74) is 1.13. The van der Waals surface area contributed by atoms with E-state index in [1.807, 2.05) is 25.1 Å². The Kier molecular flexibility index (Phi) is 11.0. The minimum atomic E-state index is -1.79. The van der Waals surface area contributed by atoms with Crippen molar-refractivity contribution in [2.75, 3.05) is 13.7 Å². The van der Waals surface area contributed by atoms with E-state index in [2.05, 4.69) is 32.9 Å². The van der Waals surface area contributed by atoms with Gasteiger partial charge >= 0.3 is 0 Å². The van der Waals surface area contributed by atoms with E-state index in [9.17, 15) is 4.79 Å². The van der Waals surface area contributed by atoms with Gasteiger partial charge in [0.25, 0.3) is 0 Å². The van der Waals surface area contributed by atoms with Crippen molar-refractivity contribution in [2.24, 2.45) is 5.92 Å². The maximum Gasteiger partial charge on any atom is 0.192 e. The largest absolute Gasteiger partial charge is 0.413 e. The van der Waals surface area contributed by atoms with Crippen molar-refractivity contribution in [1.82, 2.24) is 0 Å². The highest BCUT2D eigenvalue weighted by atomic mass is 28.4. The molecule has 0 saturated heterocycles. The molecule has 0 aliphatic heterocycles. The number of carbonyl (C=O) groups is 1. The Balaban J connectivity index is 2.81. The number of benzene rings is 1. The molecule has 5 heteroatoms. The molecular formula is C21H36O4Si. The molecule has 0 aliphatic carbocycles. The molecule has 0 unspecified atom stereocenters. The zero-order chi connectivity index (χ0) is 19.4. The number of carbonyl (C=O) groups excluding carboxylic acids is 1. The molecule has 0 aromatic heterocycles. The molecule has 4 nitrogen and oxygen atoms in total. The van der Waals surface area contributed by atoms with E-state index in [1.165, 1.54) is 0 Å². The molecule has 0 fully saturated rings. The van der Waals surface area contributed by atoms with E-state index >= 15 is 0 Å². The van der Waals surface area contributed by atoms with Crippen molar-refractivity contribution in [3.63, 3.8) is 0 Å². The molecule has 0 aliphatic rings. The summed E-state index contributed by atoms with van der Waals surface area (Å²) in [7, 11) is -0.110. The van der Waals surface area contributed by atoms with Gasteiger partial charge in [-0.25, -0.2) is 0 Å². The lowest BCUT2D eigenvalue weighted by Crippen LogP contribution is -2.44. The van der Waals surface area contributed by atoms with E-state index in [0.29, 0.717) is 19.6 Å². The Hall–Kier alpha value is -1.01. The van der Waals surface area contributed by atoms with E-state index in [-0.39, 0.29) is 18.1 Å². The van der Waals surface area contributed by atoms with Crippen molar-refractivity contribution >= 4 is 14.6 Å². The maximum absolute atomic E-state index is 11.5. The summed E-state index contributed by atoms with van der Waals surface area (Å²) < 4.78 is 18.1. The molecule has 26 heavy (non-hydrogen) atoms. The normalized spacial score (nSPS) is 15.4. The molecule has 3 atom stereocenters. The van der Waals surface area contributed by atoms with Gasteiger partial charge in [-0.3, -0.25) is 0 Å². The van der Waals surface area contributed by atoms with Crippen molar-refractivity contribution < 1.29 is 18.7 Å². The molecule has 148 valence electrons. The monoisotopic (exact) mass is 380 g/mol. The predicted octanol–water partition coefficient (Wildman–Crippen LogP) is 4.83. The van der Waals surface area contributed by atoms with Gasteiger partial charge in [-0.15, -0.1) is 0 Å². The van der Waals surface area contributed by atoms with Crippen LogP contribution in [0.25, 0.3) is 0 Å². The van der Waals surface area contributed by atoms with Gasteiger partial charge in [-0.2, -0.15) is 0 Å². The highest BCUT2D eigenvalue weighted by molar-refractivity contribution is 6.73. The minimum absolute atomic E-state index is 0.0927. The average Bonchev–Trinajstić information content (AvgIpc) is 2.69. The molecule has 0 spiro atoms. The fourth-order valence-corrected chi connectivity index (χ4v) is 6.15. The van der Waals surface area contributed by atoms with Gasteiger partial charge in [0.05, 0.1) is 25.4 Å². The number of methoxy groups -OCH3 is 1. The lowest BCUT2D eigenvalue weighted by atomic mass is 10.0. The molecule has 0 amide bonds. The Bertz CT molecular complexity index is 482. The van der Waals surface area contributed by atoms with Crippen LogP contribution in [0.2, 0.25) is 18.1 Å². The van der Waals surface area contributed by atoms with Gasteiger partial charge in [0.2, 0.25) is 0 Å². The van der Waals surface area contributed by atoms with Gasteiger partial charge in [-0.05, 0) is 23.7 Å². The third-order valence-corrected chi connectivity index (χ3v) is 9.98. The molecule has 1 rings (SSSR count). The first-order valence-corrected chi connectivity index (χ1v) is 12.3. The number of hydrogen-bond acceptors (Lipinski definition) is 4. The Morgan fingerprint density at radius 2 is 1.69 bits per heavy atom. The second-order valence-corrected chi connectivity index (χ2v) is 11.7. The van der Waals surface area contributed by atoms with E-state index in [4.69, 9.17) is 13.9 Å². The number of ether oxygens (including phenoxy) is 2. The van der Waals surface area contributed by atoms with Crippen LogP contribution >= 0.6 is 0 Å². The molecule has 1 aromatic carbocycles. The van der Waals surface area contributed by atoms with Gasteiger partial charge in [0, 0.05) is 19.4 Å². The van der Waals surface area contributed by atoms with Crippen LogP contribution < -0.4 is 0 Å². The highest BCUT2D eigenvalue weighted by Crippen LogP contribution is 2.28. The third kappa shape index (κ3) is 7.31. The van der Waals surface area contributed by atoms with Crippen molar-refractivity contribution in [3.8, 4) is 0 Å². The number of aldehydes is 1. The van der Waals surface area contributed by atoms with Crippen LogP contribution in [0.4, 0.5) is 0 Å². The number of hydrogen-bond donors (Lipinski definition) is 0. The van der Waals surface area contributed by atoms with Gasteiger partial charge in [-0.1, -0.05) is 58.0 Å². The third-order valence-electron chi connectivity index (χ3n) is 5.31. The molecule has 0 heterocycles. The Morgan fingerprint density at radius 3 is 2.19 bits per heavy atom. The van der Waals surface area contributed by atoms with Crippen LogP contribution in [-0.2, 0) is 25.3 Å². The zero-order valence-corrected chi connectivity index (χ0v) is 18.1. The van der Waals surface area contributed by atoms with E-state index in [1.54, 1.807) is 7.11 Å². The summed E-state index contributed by atoms with van der Waals surface area (Å²) in [6.45, 7) is 9.60. The highest BCUT2D eigenvalue weighted by Gasteiger charge is 2.35. The van der Waals surface area contributed by atoms with Crippen molar-refractivity contribution in [2.45, 2.75) is 71.1 Å². The summed E-state index contributed by atoms with van der Waals surface area (Å²) in [6, 6.07) is 13.3. The van der Waals surface area contributed by atoms with Crippen molar-refractivity contribution in [1.29, 1.82) is 0 Å². The van der Waals surface area contributed by atoms with Gasteiger partial charge in [0.1, 0.15) is 6.29 Å². The second kappa shape index (κ2) is 12.4. The quantitative estimate of drug-likeness (QED) is 0.342. The van der Waals surface area contributed by atoms with E-state index < -0.39 is 8.32 Å². The molecule has 0 radical (unpaired) electrons. The number of rotatable bonds is 14. The van der Waals surface area contributed by atoms with Crippen molar-refractivity contribution in [3.05, 3.63) is 35.9 Å². The Labute approximate surface area is 160 Å². The SMILES string of the molecule is CC[Si](CC)(CC)O[C@H](C[C@H](COC)OCc1ccccc1)[C@H](C)C=O. The molecule has 0 saturated carbocycles. The molecule has 1 aromatic rings. The first kappa shape index (κ1) is 23.0. The zero-order valence-electron chi connectivity index (χ0n) is 17.1. The summed E-state index contributed by atoms with van der Waals surface area (Å²) >= 11 is 0. The van der Waals surface area contributed by atoms with Crippen LogP contribution in [0.5, 0.6) is 0 Å². The average molecular weight is 381 g/mol. The smallest absolute Gasteiger partial charge is 0.192 e. The predicted molar refractivity (Wildman–Crippen MR) is 109 cm³/mol. The topological polar surface area (TPSA) is 44.8 Å². The van der Waals surface area contributed by atoms with E-state index in [0.717, 1.165) is 30.0 Å². The van der Waals surface area contributed by atoms with Crippen LogP contribution in [0.15, 0.2) is 30.3 Å². The second-order valence-electron chi connectivity index (χ2n) is 7.00. The summed E-state index contributed by atoms with van der Waals surface area (Å²) in [6.07, 6.45) is 1.47. The lowest BCUT2D eigenvalue weighted by molar-refractivity contribution is -0.114. The first-order valence-electron chi connectivity index (χ1n) is 9.81. The fraction of sp³-hybridized carbons (Fsp3) is 0.667. The standard InChI is InChI=1S/C21H36O4Si/c1-6-26(7-2,8-3)25-21(18(4)15-22)14-20(17-23-5)24-16-19-12-10-9-11-13-19/h9-13,15,18,20-21H,6-8,14,16-17H2,1-5H3/t18-,20-,21-/m1/s1. The van der Waals surface area contributed by atoms with Gasteiger partial charge < -0.3 is 18.7 Å². The first-order chi connectivity index (χ1) is 12.5. The Morgan fingerprint density at radius 1 is 1.08 bits per heavy atom. The van der Waals surface area contributed by atoms with Crippen LogP contribution in [-0.4, -0.2) is 40.5 Å². The van der Waals surface area contributed by atoms with Crippen LogP contribution in [0.3, 0.4) is 0 Å². The lowest BCUT2D eigenvalue weighted by Gasteiger charge is -2.36. The van der Waals surface area contributed by atoms with Gasteiger partial charge in [0.15, 0.2) is 8.32 Å².